The Bertz CT molecular complexity index is 483. The molecule has 0 radical (unpaired) electrons. The zero-order chi connectivity index (χ0) is 19.7. The summed E-state index contributed by atoms with van der Waals surface area (Å²) in [5.41, 5.74) is 0.172. The van der Waals surface area contributed by atoms with Crippen LogP contribution in [0.25, 0.3) is 0 Å². The summed E-state index contributed by atoms with van der Waals surface area (Å²) in [6.07, 6.45) is 7.33. The predicted molar refractivity (Wildman–Crippen MR) is 110 cm³/mol. The van der Waals surface area contributed by atoms with Crippen LogP contribution in [-0.4, -0.2) is 86.7 Å². The van der Waals surface area contributed by atoms with Gasteiger partial charge in [-0.15, -0.1) is 0 Å². The average Bonchev–Trinajstić information content (AvgIpc) is 2.70. The van der Waals surface area contributed by atoms with Gasteiger partial charge in [0.05, 0.1) is 13.2 Å². The van der Waals surface area contributed by atoms with Crippen molar-refractivity contribution in [1.82, 2.24) is 20.4 Å². The smallest absolute Gasteiger partial charge is 0.243 e. The molecule has 156 valence electrons. The zero-order valence-corrected chi connectivity index (χ0v) is 17.7. The number of guanidine groups is 1. The number of ether oxygens (including phenoxy) is 1. The van der Waals surface area contributed by atoms with Crippen LogP contribution in [0.2, 0.25) is 0 Å². The van der Waals surface area contributed by atoms with E-state index in [1.54, 1.807) is 19.0 Å². The van der Waals surface area contributed by atoms with Crippen molar-refractivity contribution >= 4 is 11.9 Å². The molecule has 2 N–H and O–H groups in total. The van der Waals surface area contributed by atoms with E-state index in [4.69, 9.17) is 4.74 Å². The fourth-order valence-corrected chi connectivity index (χ4v) is 3.88. The minimum atomic E-state index is 0.0146. The summed E-state index contributed by atoms with van der Waals surface area (Å²) >= 11 is 0. The van der Waals surface area contributed by atoms with Gasteiger partial charge < -0.3 is 20.3 Å². The second-order valence-corrected chi connectivity index (χ2v) is 8.14. The molecule has 1 heterocycles. The summed E-state index contributed by atoms with van der Waals surface area (Å²) < 4.78 is 5.58. The van der Waals surface area contributed by atoms with Crippen LogP contribution in [0, 0.1) is 0 Å². The maximum absolute atomic E-state index is 12.0. The van der Waals surface area contributed by atoms with Crippen LogP contribution in [0.4, 0.5) is 0 Å². The molecule has 1 amide bonds. The average molecular weight is 382 g/mol. The first kappa shape index (κ1) is 22.0. The Kier molecular flexibility index (Phi) is 8.83. The van der Waals surface area contributed by atoms with Crippen LogP contribution in [-0.2, 0) is 9.53 Å². The van der Waals surface area contributed by atoms with Crippen molar-refractivity contribution in [3.05, 3.63) is 0 Å². The first-order valence-corrected chi connectivity index (χ1v) is 10.5. The van der Waals surface area contributed by atoms with E-state index in [0.29, 0.717) is 6.04 Å². The monoisotopic (exact) mass is 381 g/mol. The molecule has 0 aromatic carbocycles. The molecule has 0 spiro atoms. The van der Waals surface area contributed by atoms with Crippen LogP contribution >= 0.6 is 0 Å². The van der Waals surface area contributed by atoms with Gasteiger partial charge in [0.1, 0.15) is 6.54 Å². The number of carbonyl (C=O) groups excluding carboxylic acids is 1. The molecule has 1 atom stereocenters. The molecule has 0 bridgehead atoms. The number of amides is 1. The maximum atomic E-state index is 12.0. The van der Waals surface area contributed by atoms with Crippen LogP contribution in [0.1, 0.15) is 52.4 Å². The zero-order valence-electron chi connectivity index (χ0n) is 17.7. The highest BCUT2D eigenvalue weighted by Gasteiger charge is 2.38. The Hall–Kier alpha value is -1.34. The van der Waals surface area contributed by atoms with Gasteiger partial charge in [0.25, 0.3) is 0 Å². The Labute approximate surface area is 164 Å². The lowest BCUT2D eigenvalue weighted by atomic mass is 9.80. The molecule has 27 heavy (non-hydrogen) atoms. The van der Waals surface area contributed by atoms with Gasteiger partial charge in [-0.1, -0.05) is 26.2 Å². The highest BCUT2D eigenvalue weighted by Crippen LogP contribution is 2.33. The predicted octanol–water partition coefficient (Wildman–Crippen LogP) is 1.44. The summed E-state index contributed by atoms with van der Waals surface area (Å²) in [5, 5.41) is 7.02. The van der Waals surface area contributed by atoms with Crippen LogP contribution in [0.3, 0.4) is 0 Å². The minimum Gasteiger partial charge on any atom is -0.379 e. The number of nitrogens with one attached hydrogen (secondary N) is 2. The fraction of sp³-hybridized carbons (Fsp3) is 0.900. The molecular weight excluding hydrogens is 342 g/mol. The molecule has 1 unspecified atom stereocenters. The summed E-state index contributed by atoms with van der Waals surface area (Å²) in [6, 6.07) is 0.316. The van der Waals surface area contributed by atoms with E-state index in [1.165, 1.54) is 32.1 Å². The van der Waals surface area contributed by atoms with Crippen LogP contribution in [0.5, 0.6) is 0 Å². The molecule has 1 aliphatic carbocycles. The molecule has 0 aromatic rings. The second kappa shape index (κ2) is 10.9. The first-order chi connectivity index (χ1) is 13.0. The fourth-order valence-electron chi connectivity index (χ4n) is 3.88. The molecule has 1 saturated carbocycles. The van der Waals surface area contributed by atoms with Gasteiger partial charge in [-0.2, -0.15) is 0 Å². The molecule has 2 aliphatic rings. The quantitative estimate of drug-likeness (QED) is 0.516. The topological polar surface area (TPSA) is 69.2 Å². The number of morpholine rings is 1. The lowest BCUT2D eigenvalue weighted by Gasteiger charge is -2.48. The van der Waals surface area contributed by atoms with E-state index in [-0.39, 0.29) is 18.0 Å². The highest BCUT2D eigenvalue weighted by atomic mass is 16.5. The van der Waals surface area contributed by atoms with Gasteiger partial charge >= 0.3 is 0 Å². The van der Waals surface area contributed by atoms with Crippen molar-refractivity contribution in [2.24, 2.45) is 4.99 Å². The van der Waals surface area contributed by atoms with Gasteiger partial charge in [-0.3, -0.25) is 9.69 Å². The van der Waals surface area contributed by atoms with Crippen LogP contribution in [0.15, 0.2) is 4.99 Å². The van der Waals surface area contributed by atoms with Gasteiger partial charge in [0.15, 0.2) is 5.96 Å². The lowest BCUT2D eigenvalue weighted by Crippen LogP contribution is -2.60. The van der Waals surface area contributed by atoms with Gasteiger partial charge in [-0.25, -0.2) is 4.99 Å². The van der Waals surface area contributed by atoms with Crippen molar-refractivity contribution in [3.8, 4) is 0 Å². The molecule has 2 fully saturated rings. The van der Waals surface area contributed by atoms with E-state index < -0.39 is 0 Å². The van der Waals surface area contributed by atoms with Crippen molar-refractivity contribution in [3.63, 3.8) is 0 Å². The van der Waals surface area contributed by atoms with E-state index in [9.17, 15) is 4.79 Å². The molecule has 1 aliphatic heterocycles. The SMILES string of the molecule is CCC(C)NC(=NCC(=O)N(C)C)NCC1(N2CCOCC2)CCCCC1. The Morgan fingerprint density at radius 3 is 2.48 bits per heavy atom. The summed E-state index contributed by atoms with van der Waals surface area (Å²) in [6.45, 7) is 8.99. The number of carbonyl (C=O) groups is 1. The molecule has 1 saturated heterocycles. The van der Waals surface area contributed by atoms with E-state index in [1.807, 2.05) is 0 Å². The number of nitrogens with zero attached hydrogens (tertiary/aromatic N) is 3. The highest BCUT2D eigenvalue weighted by molar-refractivity contribution is 5.85. The third-order valence-corrected chi connectivity index (χ3v) is 5.92. The van der Waals surface area contributed by atoms with Crippen molar-refractivity contribution in [1.29, 1.82) is 0 Å². The van der Waals surface area contributed by atoms with E-state index in [2.05, 4.69) is 34.4 Å². The summed E-state index contributed by atoms with van der Waals surface area (Å²) in [7, 11) is 3.53. The van der Waals surface area contributed by atoms with Crippen molar-refractivity contribution < 1.29 is 9.53 Å². The molecule has 7 heteroatoms. The van der Waals surface area contributed by atoms with Crippen molar-refractivity contribution in [2.75, 3.05) is 53.5 Å². The third kappa shape index (κ3) is 6.64. The van der Waals surface area contributed by atoms with E-state index >= 15 is 0 Å². The third-order valence-electron chi connectivity index (χ3n) is 5.92. The number of hydrogen-bond acceptors (Lipinski definition) is 4. The van der Waals surface area contributed by atoms with Crippen molar-refractivity contribution in [2.45, 2.75) is 64.0 Å². The molecular formula is C20H39N5O2. The minimum absolute atomic E-state index is 0.0146. The lowest BCUT2D eigenvalue weighted by molar-refractivity contribution is -0.127. The number of likely N-dealkylation sites (N-methyl/N-ethyl adjacent to an activating group) is 1. The first-order valence-electron chi connectivity index (χ1n) is 10.5. The Balaban J connectivity index is 2.06. The number of hydrogen-bond donors (Lipinski definition) is 2. The second-order valence-electron chi connectivity index (χ2n) is 8.14. The van der Waals surface area contributed by atoms with Gasteiger partial charge in [0.2, 0.25) is 5.91 Å². The largest absolute Gasteiger partial charge is 0.379 e. The number of aliphatic imine (C=N–C) groups is 1. The van der Waals surface area contributed by atoms with Crippen LogP contribution < -0.4 is 10.6 Å². The number of rotatable bonds is 7. The van der Waals surface area contributed by atoms with Gasteiger partial charge in [-0.05, 0) is 26.2 Å². The molecule has 7 nitrogen and oxygen atoms in total. The molecule has 2 rings (SSSR count). The van der Waals surface area contributed by atoms with Gasteiger partial charge in [0, 0.05) is 45.3 Å². The maximum Gasteiger partial charge on any atom is 0.243 e. The Morgan fingerprint density at radius 1 is 1.22 bits per heavy atom. The normalized spacial score (nSPS) is 22.1. The summed E-state index contributed by atoms with van der Waals surface area (Å²) in [5.74, 6) is 0.763. The Morgan fingerprint density at radius 2 is 1.89 bits per heavy atom. The molecule has 0 aromatic heterocycles. The van der Waals surface area contributed by atoms with E-state index in [0.717, 1.165) is 45.2 Å². The summed E-state index contributed by atoms with van der Waals surface area (Å²) in [4.78, 5) is 20.7. The standard InChI is InChI=1S/C20H39N5O2/c1-5-17(2)23-19(21-15-18(26)24(3)4)22-16-20(9-7-6-8-10-20)25-11-13-27-14-12-25/h17H,5-16H2,1-4H3,(H2,21,22,23).